The van der Waals surface area contributed by atoms with Crippen LogP contribution in [-0.2, 0) is 11.2 Å². The van der Waals surface area contributed by atoms with E-state index in [9.17, 15) is 9.59 Å². The number of aromatic carboxylic acids is 1. The van der Waals surface area contributed by atoms with Crippen LogP contribution in [0.4, 0.5) is 0 Å². The molecule has 0 fully saturated rings. The zero-order valence-electron chi connectivity index (χ0n) is 7.65. The predicted octanol–water partition coefficient (Wildman–Crippen LogP) is 1.32. The fourth-order valence-electron chi connectivity index (χ4n) is 1.21. The first-order valence-electron chi connectivity index (χ1n) is 4.05. The summed E-state index contributed by atoms with van der Waals surface area (Å²) in [5.41, 5.74) is 1.19. The van der Waals surface area contributed by atoms with E-state index in [0.717, 1.165) is 5.56 Å². The van der Waals surface area contributed by atoms with Crippen LogP contribution in [0, 0.1) is 6.92 Å². The first kappa shape index (κ1) is 10.2. The highest BCUT2D eigenvalue weighted by atomic mass is 16.4. The van der Waals surface area contributed by atoms with Crippen molar-refractivity contribution in [3.63, 3.8) is 0 Å². The van der Waals surface area contributed by atoms with Gasteiger partial charge in [0.1, 0.15) is 0 Å². The van der Waals surface area contributed by atoms with Crippen molar-refractivity contribution in [2.75, 3.05) is 0 Å². The zero-order chi connectivity index (χ0) is 10.7. The lowest BCUT2D eigenvalue weighted by atomic mass is 10.0. The lowest BCUT2D eigenvalue weighted by Crippen LogP contribution is -2.08. The van der Waals surface area contributed by atoms with Gasteiger partial charge in [-0.2, -0.15) is 0 Å². The van der Waals surface area contributed by atoms with E-state index in [1.165, 1.54) is 12.1 Å². The molecule has 0 atom stereocenters. The molecule has 0 aliphatic carbocycles. The van der Waals surface area contributed by atoms with Gasteiger partial charge < -0.3 is 10.2 Å². The molecule has 0 aromatic heterocycles. The normalized spacial score (nSPS) is 9.79. The van der Waals surface area contributed by atoms with E-state index in [4.69, 9.17) is 10.2 Å². The Morgan fingerprint density at radius 2 is 1.93 bits per heavy atom. The molecule has 1 aromatic carbocycles. The molecule has 0 aliphatic rings. The topological polar surface area (TPSA) is 74.6 Å². The molecule has 0 unspecified atom stereocenters. The van der Waals surface area contributed by atoms with Crippen molar-refractivity contribution in [2.24, 2.45) is 0 Å². The third kappa shape index (κ3) is 2.32. The number of hydrogen-bond donors (Lipinski definition) is 2. The highest BCUT2D eigenvalue weighted by molar-refractivity contribution is 5.91. The smallest absolute Gasteiger partial charge is 0.335 e. The Balaban J connectivity index is 3.14. The van der Waals surface area contributed by atoms with Crippen LogP contribution < -0.4 is 0 Å². The number of carboxylic acids is 2. The van der Waals surface area contributed by atoms with Crippen LogP contribution in [0.15, 0.2) is 18.2 Å². The fourth-order valence-corrected chi connectivity index (χ4v) is 1.21. The second kappa shape index (κ2) is 3.91. The van der Waals surface area contributed by atoms with Crippen molar-refractivity contribution in [1.82, 2.24) is 0 Å². The highest BCUT2D eigenvalue weighted by Crippen LogP contribution is 2.12. The van der Waals surface area contributed by atoms with E-state index < -0.39 is 11.9 Å². The predicted molar refractivity (Wildman–Crippen MR) is 49.5 cm³/mol. The van der Waals surface area contributed by atoms with E-state index in [1.54, 1.807) is 13.0 Å². The van der Waals surface area contributed by atoms with Crippen LogP contribution in [0.25, 0.3) is 0 Å². The molecule has 4 heteroatoms. The van der Waals surface area contributed by atoms with Gasteiger partial charge in [0.25, 0.3) is 0 Å². The molecule has 0 saturated carbocycles. The monoisotopic (exact) mass is 194 g/mol. The van der Waals surface area contributed by atoms with Gasteiger partial charge in [0, 0.05) is 0 Å². The summed E-state index contributed by atoms with van der Waals surface area (Å²) in [7, 11) is 0. The summed E-state index contributed by atoms with van der Waals surface area (Å²) in [6.07, 6.45) is -0.262. The number of carbonyl (C=O) groups is 2. The average molecular weight is 194 g/mol. The van der Waals surface area contributed by atoms with Crippen molar-refractivity contribution in [3.8, 4) is 0 Å². The lowest BCUT2D eigenvalue weighted by molar-refractivity contribution is -0.136. The summed E-state index contributed by atoms with van der Waals surface area (Å²) >= 11 is 0. The molecular formula is C10H10O4. The number of carboxylic acid groups (broad SMARTS) is 2. The lowest BCUT2D eigenvalue weighted by Gasteiger charge is -2.04. The quantitative estimate of drug-likeness (QED) is 0.760. The Hall–Kier alpha value is -1.84. The Bertz CT molecular complexity index is 382. The standard InChI is InChI=1S/C10H10O4/c1-6-2-3-7(5-9(11)12)8(4-6)10(13)14/h2-4H,5H2,1H3,(H,11,12)(H,13,14). The number of hydrogen-bond acceptors (Lipinski definition) is 2. The molecule has 0 radical (unpaired) electrons. The molecule has 1 rings (SSSR count). The van der Waals surface area contributed by atoms with Crippen molar-refractivity contribution in [2.45, 2.75) is 13.3 Å². The van der Waals surface area contributed by atoms with Crippen LogP contribution in [-0.4, -0.2) is 22.2 Å². The second-order valence-corrected chi connectivity index (χ2v) is 3.04. The van der Waals surface area contributed by atoms with Gasteiger partial charge in [0.15, 0.2) is 0 Å². The van der Waals surface area contributed by atoms with Crippen molar-refractivity contribution in [3.05, 3.63) is 34.9 Å². The molecule has 0 amide bonds. The molecule has 14 heavy (non-hydrogen) atoms. The van der Waals surface area contributed by atoms with Crippen LogP contribution in [0.3, 0.4) is 0 Å². The number of rotatable bonds is 3. The number of aliphatic carboxylic acids is 1. The van der Waals surface area contributed by atoms with Gasteiger partial charge in [-0.3, -0.25) is 4.79 Å². The molecule has 0 spiro atoms. The van der Waals surface area contributed by atoms with E-state index in [2.05, 4.69) is 0 Å². The molecule has 2 N–H and O–H groups in total. The van der Waals surface area contributed by atoms with Gasteiger partial charge >= 0.3 is 11.9 Å². The van der Waals surface area contributed by atoms with Gasteiger partial charge in [-0.05, 0) is 18.6 Å². The summed E-state index contributed by atoms with van der Waals surface area (Å²) in [6, 6.07) is 4.71. The molecule has 0 aliphatic heterocycles. The minimum atomic E-state index is -1.09. The van der Waals surface area contributed by atoms with E-state index in [1.807, 2.05) is 0 Å². The average Bonchev–Trinajstić information content (AvgIpc) is 2.07. The summed E-state index contributed by atoms with van der Waals surface area (Å²) in [4.78, 5) is 21.2. The van der Waals surface area contributed by atoms with E-state index in [0.29, 0.717) is 5.56 Å². The maximum absolute atomic E-state index is 10.8. The molecule has 0 saturated heterocycles. The SMILES string of the molecule is Cc1ccc(CC(=O)O)c(C(=O)O)c1. The second-order valence-electron chi connectivity index (χ2n) is 3.04. The summed E-state index contributed by atoms with van der Waals surface area (Å²) < 4.78 is 0. The Morgan fingerprint density at radius 1 is 1.29 bits per heavy atom. The van der Waals surface area contributed by atoms with Crippen molar-refractivity contribution in [1.29, 1.82) is 0 Å². The van der Waals surface area contributed by atoms with Gasteiger partial charge in [0.05, 0.1) is 12.0 Å². The van der Waals surface area contributed by atoms with Gasteiger partial charge in [0.2, 0.25) is 0 Å². The summed E-state index contributed by atoms with van der Waals surface area (Å²) in [6.45, 7) is 1.76. The largest absolute Gasteiger partial charge is 0.481 e. The Kier molecular flexibility index (Phi) is 2.86. The molecule has 4 nitrogen and oxygen atoms in total. The Labute approximate surface area is 80.8 Å². The van der Waals surface area contributed by atoms with E-state index in [-0.39, 0.29) is 12.0 Å². The van der Waals surface area contributed by atoms with E-state index >= 15 is 0 Å². The first-order valence-corrected chi connectivity index (χ1v) is 4.05. The minimum absolute atomic E-state index is 0.0624. The van der Waals surface area contributed by atoms with Crippen LogP contribution in [0.1, 0.15) is 21.5 Å². The molecule has 0 heterocycles. The van der Waals surface area contributed by atoms with Crippen LogP contribution in [0.5, 0.6) is 0 Å². The van der Waals surface area contributed by atoms with Crippen LogP contribution in [0.2, 0.25) is 0 Å². The number of aryl methyl sites for hydroxylation is 1. The third-order valence-corrected chi connectivity index (χ3v) is 1.84. The minimum Gasteiger partial charge on any atom is -0.481 e. The first-order chi connectivity index (χ1) is 6.50. The van der Waals surface area contributed by atoms with Gasteiger partial charge in [-0.25, -0.2) is 4.79 Å². The maximum Gasteiger partial charge on any atom is 0.335 e. The molecular weight excluding hydrogens is 184 g/mol. The zero-order valence-corrected chi connectivity index (χ0v) is 7.65. The number of benzene rings is 1. The summed E-state index contributed by atoms with van der Waals surface area (Å²) in [5, 5.41) is 17.4. The van der Waals surface area contributed by atoms with Crippen molar-refractivity contribution < 1.29 is 19.8 Å². The van der Waals surface area contributed by atoms with Crippen LogP contribution >= 0.6 is 0 Å². The van der Waals surface area contributed by atoms with Gasteiger partial charge in [-0.1, -0.05) is 17.7 Å². The van der Waals surface area contributed by atoms with Gasteiger partial charge in [-0.15, -0.1) is 0 Å². The third-order valence-electron chi connectivity index (χ3n) is 1.84. The molecule has 1 aromatic rings. The Morgan fingerprint density at radius 3 is 2.43 bits per heavy atom. The van der Waals surface area contributed by atoms with Crippen molar-refractivity contribution >= 4 is 11.9 Å². The maximum atomic E-state index is 10.8. The fraction of sp³-hybridized carbons (Fsp3) is 0.200. The summed E-state index contributed by atoms with van der Waals surface area (Å²) in [5.74, 6) is -2.12. The highest BCUT2D eigenvalue weighted by Gasteiger charge is 2.12. The molecule has 74 valence electrons. The molecule has 0 bridgehead atoms.